The molecular weight excluding hydrogens is 288 g/mol. The number of unbranched alkanes of at least 4 members (excludes halogenated alkanes) is 3. The zero-order valence-corrected chi connectivity index (χ0v) is 13.5. The standard InChI is InChI=1S/C16H26O6/c1-3-9-13(17)21-15(19)11-7-5-6-8-12-16(20)22-14(18)10-4-2/h3-12H2,1-2H3. The van der Waals surface area contributed by atoms with Gasteiger partial charge in [-0.25, -0.2) is 0 Å². The topological polar surface area (TPSA) is 86.7 Å². The van der Waals surface area contributed by atoms with E-state index >= 15 is 0 Å². The normalized spacial score (nSPS) is 10.1. The van der Waals surface area contributed by atoms with Crippen molar-refractivity contribution in [1.29, 1.82) is 0 Å². The first-order chi connectivity index (χ1) is 10.5. The lowest BCUT2D eigenvalue weighted by atomic mass is 10.1. The molecule has 6 heteroatoms. The van der Waals surface area contributed by atoms with Crippen LogP contribution in [0.2, 0.25) is 0 Å². The second-order valence-electron chi connectivity index (χ2n) is 5.11. The molecule has 6 nitrogen and oxygen atoms in total. The molecule has 0 amide bonds. The average Bonchev–Trinajstić information content (AvgIpc) is 2.42. The van der Waals surface area contributed by atoms with Gasteiger partial charge in [0.1, 0.15) is 0 Å². The SMILES string of the molecule is CCCC(=O)OC(=O)CCCCCCC(=O)OC(=O)CCC. The second kappa shape index (κ2) is 13.0. The van der Waals surface area contributed by atoms with Gasteiger partial charge in [-0.1, -0.05) is 26.7 Å². The van der Waals surface area contributed by atoms with Gasteiger partial charge in [0.25, 0.3) is 0 Å². The van der Waals surface area contributed by atoms with Crippen molar-refractivity contribution in [3.05, 3.63) is 0 Å². The minimum absolute atomic E-state index is 0.203. The van der Waals surface area contributed by atoms with Crippen LogP contribution in [-0.4, -0.2) is 23.9 Å². The molecule has 0 fully saturated rings. The van der Waals surface area contributed by atoms with Crippen molar-refractivity contribution >= 4 is 23.9 Å². The third kappa shape index (κ3) is 12.1. The fourth-order valence-corrected chi connectivity index (χ4v) is 1.76. The van der Waals surface area contributed by atoms with Gasteiger partial charge in [-0.3, -0.25) is 19.2 Å². The second-order valence-corrected chi connectivity index (χ2v) is 5.11. The summed E-state index contributed by atoms with van der Waals surface area (Å²) >= 11 is 0. The number of rotatable bonds is 11. The molecule has 0 spiro atoms. The zero-order valence-electron chi connectivity index (χ0n) is 13.5. The summed E-state index contributed by atoms with van der Waals surface area (Å²) in [6.45, 7) is 3.68. The maximum absolute atomic E-state index is 11.3. The van der Waals surface area contributed by atoms with Crippen LogP contribution in [0.4, 0.5) is 0 Å². The van der Waals surface area contributed by atoms with Crippen molar-refractivity contribution in [3.8, 4) is 0 Å². The Hall–Kier alpha value is -1.72. The maximum Gasteiger partial charge on any atom is 0.313 e. The molecule has 0 aliphatic carbocycles. The van der Waals surface area contributed by atoms with Crippen LogP contribution in [0.1, 0.15) is 78.1 Å². The first-order valence-corrected chi connectivity index (χ1v) is 7.96. The van der Waals surface area contributed by atoms with Crippen molar-refractivity contribution in [1.82, 2.24) is 0 Å². The summed E-state index contributed by atoms with van der Waals surface area (Å²) in [6.07, 6.45) is 4.97. The molecule has 0 rings (SSSR count). The molecule has 0 heterocycles. The third-order valence-corrected chi connectivity index (χ3v) is 2.88. The first kappa shape index (κ1) is 20.3. The molecule has 0 radical (unpaired) electrons. The van der Waals surface area contributed by atoms with Crippen LogP contribution < -0.4 is 0 Å². The summed E-state index contributed by atoms with van der Waals surface area (Å²) in [6, 6.07) is 0. The molecule has 0 atom stereocenters. The Morgan fingerprint density at radius 3 is 1.18 bits per heavy atom. The maximum atomic E-state index is 11.3. The van der Waals surface area contributed by atoms with Crippen LogP contribution in [0.3, 0.4) is 0 Å². The lowest BCUT2D eigenvalue weighted by Gasteiger charge is -2.03. The molecule has 0 aromatic carbocycles. The number of carbonyl (C=O) groups excluding carboxylic acids is 4. The highest BCUT2D eigenvalue weighted by atomic mass is 16.6. The molecule has 0 unspecified atom stereocenters. The highest BCUT2D eigenvalue weighted by Crippen LogP contribution is 2.08. The molecule has 126 valence electrons. The first-order valence-electron chi connectivity index (χ1n) is 7.96. The van der Waals surface area contributed by atoms with Gasteiger partial charge >= 0.3 is 23.9 Å². The molecule has 0 N–H and O–H groups in total. The van der Waals surface area contributed by atoms with E-state index in [1.165, 1.54) is 0 Å². The van der Waals surface area contributed by atoms with E-state index in [1.807, 2.05) is 13.8 Å². The Balaban J connectivity index is 3.53. The summed E-state index contributed by atoms with van der Waals surface area (Å²) in [5, 5.41) is 0. The minimum Gasteiger partial charge on any atom is -0.393 e. The molecule has 22 heavy (non-hydrogen) atoms. The van der Waals surface area contributed by atoms with Crippen LogP contribution in [0, 0.1) is 0 Å². The lowest BCUT2D eigenvalue weighted by Crippen LogP contribution is -2.12. The van der Waals surface area contributed by atoms with E-state index in [4.69, 9.17) is 0 Å². The van der Waals surface area contributed by atoms with Gasteiger partial charge in [-0.15, -0.1) is 0 Å². The molecule has 0 aliphatic rings. The number of hydrogen-bond donors (Lipinski definition) is 0. The Morgan fingerprint density at radius 1 is 0.545 bits per heavy atom. The molecular formula is C16H26O6. The number of ether oxygens (including phenoxy) is 2. The molecule has 0 aromatic heterocycles. The fourth-order valence-electron chi connectivity index (χ4n) is 1.76. The average molecular weight is 314 g/mol. The van der Waals surface area contributed by atoms with E-state index in [2.05, 4.69) is 9.47 Å². The summed E-state index contributed by atoms with van der Waals surface area (Å²) < 4.78 is 9.23. The van der Waals surface area contributed by atoms with Gasteiger partial charge in [0.15, 0.2) is 0 Å². The van der Waals surface area contributed by atoms with Crippen LogP contribution in [0.15, 0.2) is 0 Å². The van der Waals surface area contributed by atoms with Crippen molar-refractivity contribution in [2.45, 2.75) is 78.1 Å². The molecule has 0 aromatic rings. The Labute approximate surface area is 131 Å². The van der Waals surface area contributed by atoms with Crippen molar-refractivity contribution < 1.29 is 28.7 Å². The summed E-state index contributed by atoms with van der Waals surface area (Å²) in [5.41, 5.74) is 0. The van der Waals surface area contributed by atoms with Gasteiger partial charge in [0.05, 0.1) is 0 Å². The quantitative estimate of drug-likeness (QED) is 0.331. The predicted octanol–water partition coefficient (Wildman–Crippen LogP) is 3.07. The highest BCUT2D eigenvalue weighted by Gasteiger charge is 2.10. The van der Waals surface area contributed by atoms with Gasteiger partial charge in [-0.05, 0) is 25.7 Å². The van der Waals surface area contributed by atoms with Gasteiger partial charge < -0.3 is 9.47 Å². The summed E-state index contributed by atoms with van der Waals surface area (Å²) in [4.78, 5) is 44.7. The largest absolute Gasteiger partial charge is 0.393 e. The monoisotopic (exact) mass is 314 g/mol. The van der Waals surface area contributed by atoms with Crippen LogP contribution >= 0.6 is 0 Å². The highest BCUT2D eigenvalue weighted by molar-refractivity contribution is 5.85. The van der Waals surface area contributed by atoms with Crippen molar-refractivity contribution in [2.75, 3.05) is 0 Å². The predicted molar refractivity (Wildman–Crippen MR) is 79.7 cm³/mol. The Morgan fingerprint density at radius 2 is 0.864 bits per heavy atom. The molecule has 0 saturated heterocycles. The van der Waals surface area contributed by atoms with E-state index in [9.17, 15) is 19.2 Å². The molecule has 0 saturated carbocycles. The van der Waals surface area contributed by atoms with Crippen LogP contribution in [0.25, 0.3) is 0 Å². The van der Waals surface area contributed by atoms with E-state index in [0.29, 0.717) is 25.7 Å². The third-order valence-electron chi connectivity index (χ3n) is 2.88. The zero-order chi connectivity index (χ0) is 16.8. The molecule has 0 aliphatic heterocycles. The van der Waals surface area contributed by atoms with Crippen molar-refractivity contribution in [3.63, 3.8) is 0 Å². The minimum atomic E-state index is -0.497. The Bertz CT molecular complexity index is 339. The Kier molecular flexibility index (Phi) is 12.0. The van der Waals surface area contributed by atoms with Gasteiger partial charge in [-0.2, -0.15) is 0 Å². The molecule has 0 bridgehead atoms. The van der Waals surface area contributed by atoms with Crippen LogP contribution in [0.5, 0.6) is 0 Å². The number of hydrogen-bond acceptors (Lipinski definition) is 6. The van der Waals surface area contributed by atoms with Crippen LogP contribution in [-0.2, 0) is 28.7 Å². The number of esters is 4. The van der Waals surface area contributed by atoms with E-state index < -0.39 is 23.9 Å². The van der Waals surface area contributed by atoms with Gasteiger partial charge in [0, 0.05) is 25.7 Å². The van der Waals surface area contributed by atoms with Crippen molar-refractivity contribution in [2.24, 2.45) is 0 Å². The smallest absolute Gasteiger partial charge is 0.313 e. The van der Waals surface area contributed by atoms with E-state index in [-0.39, 0.29) is 25.7 Å². The lowest BCUT2D eigenvalue weighted by molar-refractivity contribution is -0.161. The summed E-state index contributed by atoms with van der Waals surface area (Å²) in [5.74, 6) is -1.95. The summed E-state index contributed by atoms with van der Waals surface area (Å²) in [7, 11) is 0. The van der Waals surface area contributed by atoms with E-state index in [0.717, 1.165) is 12.8 Å². The fraction of sp³-hybridized carbons (Fsp3) is 0.750. The van der Waals surface area contributed by atoms with Gasteiger partial charge in [0.2, 0.25) is 0 Å². The van der Waals surface area contributed by atoms with E-state index in [1.54, 1.807) is 0 Å². The number of carbonyl (C=O) groups is 4.